The van der Waals surface area contributed by atoms with Crippen LogP contribution in [0.15, 0.2) is 42.6 Å². The second-order valence-corrected chi connectivity index (χ2v) is 8.10. The van der Waals surface area contributed by atoms with Crippen molar-refractivity contribution in [2.75, 3.05) is 6.54 Å². The fourth-order valence-corrected chi connectivity index (χ4v) is 4.66. The summed E-state index contributed by atoms with van der Waals surface area (Å²) in [6.45, 7) is 3.08. The number of aliphatic carboxylic acids is 1. The maximum absolute atomic E-state index is 11.3. The highest BCUT2D eigenvalue weighted by atomic mass is 32.2. The largest absolute Gasteiger partial charge is 0.481 e. The van der Waals surface area contributed by atoms with Gasteiger partial charge in [0.25, 0.3) is 0 Å². The molecule has 2 aromatic rings. The molecule has 2 fully saturated rings. The van der Waals surface area contributed by atoms with Crippen LogP contribution < -0.4 is 5.32 Å². The fourth-order valence-electron chi connectivity index (χ4n) is 3.05. The molecule has 1 aromatic carbocycles. The molecule has 27 heavy (non-hydrogen) atoms. The van der Waals surface area contributed by atoms with E-state index in [0.29, 0.717) is 6.42 Å². The Balaban J connectivity index is 0.000000177. The van der Waals surface area contributed by atoms with Crippen molar-refractivity contribution in [2.24, 2.45) is 5.41 Å². The first-order valence-electron chi connectivity index (χ1n) is 8.56. The lowest BCUT2D eigenvalue weighted by molar-refractivity contribution is -0.156. The number of nitrogens with zero attached hydrogens (tertiary/aromatic N) is 2. The molecule has 2 amide bonds. The van der Waals surface area contributed by atoms with Gasteiger partial charge in [0, 0.05) is 25.1 Å². The Morgan fingerprint density at radius 1 is 1.30 bits per heavy atom. The minimum Gasteiger partial charge on any atom is -0.481 e. The number of β-lactam (4-membered cyclic amide) rings is 1. The highest BCUT2D eigenvalue weighted by Crippen LogP contribution is 2.45. The van der Waals surface area contributed by atoms with Gasteiger partial charge in [-0.15, -0.1) is 11.8 Å². The lowest BCUT2D eigenvalue weighted by atomic mass is 9.87. The summed E-state index contributed by atoms with van der Waals surface area (Å²) in [7, 11) is 0. The predicted molar refractivity (Wildman–Crippen MR) is 103 cm³/mol. The zero-order valence-corrected chi connectivity index (χ0v) is 15.9. The number of hydrogen-bond acceptors (Lipinski definition) is 5. The number of aromatic nitrogens is 1. The molecule has 0 saturated carbocycles. The van der Waals surface area contributed by atoms with Crippen molar-refractivity contribution in [1.29, 1.82) is 0 Å². The molecule has 2 aliphatic rings. The SMILES string of the molecule is CC(=O)NC1S[C@@H]2CC(=O)N2CC1(C)C(=O)O.c1ccc2ncccc2c1. The summed E-state index contributed by atoms with van der Waals surface area (Å²) in [5, 5.41) is 12.7. The van der Waals surface area contributed by atoms with Crippen LogP contribution in [0.4, 0.5) is 0 Å². The Morgan fingerprint density at radius 3 is 2.63 bits per heavy atom. The molecule has 3 heterocycles. The molecule has 8 heteroatoms. The Kier molecular flexibility index (Phi) is 5.36. The molecule has 4 rings (SSSR count). The van der Waals surface area contributed by atoms with E-state index in [0.717, 1.165) is 5.52 Å². The van der Waals surface area contributed by atoms with Crippen LogP contribution in [0.5, 0.6) is 0 Å². The first kappa shape index (κ1) is 19.2. The first-order valence-corrected chi connectivity index (χ1v) is 9.51. The Hall–Kier alpha value is -2.61. The molecule has 0 bridgehead atoms. The number of hydrogen-bond donors (Lipinski definition) is 2. The van der Waals surface area contributed by atoms with Crippen LogP contribution >= 0.6 is 11.8 Å². The van der Waals surface area contributed by atoms with Gasteiger partial charge < -0.3 is 15.3 Å². The highest BCUT2D eigenvalue weighted by molar-refractivity contribution is 8.00. The number of nitrogens with one attached hydrogen (secondary N) is 1. The molecule has 3 atom stereocenters. The number of carbonyl (C=O) groups excluding carboxylic acids is 2. The Morgan fingerprint density at radius 2 is 2.00 bits per heavy atom. The average Bonchev–Trinajstić information content (AvgIpc) is 2.64. The standard InChI is InChI=1S/C10H14N2O4S.C9H7N/c1-5(13)11-8-10(2,9(15)16)4-12-6(14)3-7(12)17-8;1-2-6-9-8(4-1)5-3-7-10-9/h7-8H,3-4H2,1-2H3,(H,11,13)(H,15,16);1-7H/t7-,8?,10?;/m1./s1. The monoisotopic (exact) mass is 387 g/mol. The molecule has 0 radical (unpaired) electrons. The summed E-state index contributed by atoms with van der Waals surface area (Å²) >= 11 is 1.34. The van der Waals surface area contributed by atoms with Crippen molar-refractivity contribution in [3.63, 3.8) is 0 Å². The minimum atomic E-state index is -1.14. The van der Waals surface area contributed by atoms with Gasteiger partial charge >= 0.3 is 5.97 Å². The average molecular weight is 387 g/mol. The topological polar surface area (TPSA) is 99.6 Å². The van der Waals surface area contributed by atoms with E-state index >= 15 is 0 Å². The third kappa shape index (κ3) is 3.90. The molecule has 7 nitrogen and oxygen atoms in total. The molecule has 2 unspecified atom stereocenters. The number of pyridine rings is 1. The van der Waals surface area contributed by atoms with Crippen molar-refractivity contribution in [3.05, 3.63) is 42.6 Å². The van der Waals surface area contributed by atoms with Gasteiger partial charge in [-0.2, -0.15) is 0 Å². The van der Waals surface area contributed by atoms with Gasteiger partial charge in [-0.25, -0.2) is 0 Å². The van der Waals surface area contributed by atoms with E-state index in [1.807, 2.05) is 30.5 Å². The third-order valence-corrected chi connectivity index (χ3v) is 6.37. The van der Waals surface area contributed by atoms with E-state index in [-0.39, 0.29) is 23.7 Å². The zero-order valence-electron chi connectivity index (χ0n) is 15.1. The summed E-state index contributed by atoms with van der Waals surface area (Å²) < 4.78 is 0. The number of carboxylic acids is 1. The molecule has 142 valence electrons. The van der Waals surface area contributed by atoms with E-state index in [2.05, 4.69) is 22.4 Å². The number of fused-ring (bicyclic) bond motifs is 2. The van der Waals surface area contributed by atoms with Crippen molar-refractivity contribution < 1.29 is 19.5 Å². The van der Waals surface area contributed by atoms with Gasteiger partial charge in [-0.1, -0.05) is 24.3 Å². The van der Waals surface area contributed by atoms with Crippen molar-refractivity contribution in [3.8, 4) is 0 Å². The predicted octanol–water partition coefficient (Wildman–Crippen LogP) is 2.08. The van der Waals surface area contributed by atoms with Gasteiger partial charge in [0.1, 0.15) is 5.41 Å². The summed E-state index contributed by atoms with van der Waals surface area (Å²) in [5.74, 6) is -1.27. The number of benzene rings is 1. The summed E-state index contributed by atoms with van der Waals surface area (Å²) in [6.07, 6.45) is 2.23. The van der Waals surface area contributed by atoms with E-state index in [1.54, 1.807) is 11.8 Å². The molecular weight excluding hydrogens is 366 g/mol. The second-order valence-electron chi connectivity index (χ2n) is 6.82. The van der Waals surface area contributed by atoms with Crippen LogP contribution in [-0.2, 0) is 14.4 Å². The third-order valence-electron chi connectivity index (χ3n) is 4.72. The molecule has 0 spiro atoms. The van der Waals surface area contributed by atoms with E-state index in [9.17, 15) is 19.5 Å². The number of carbonyl (C=O) groups is 3. The van der Waals surface area contributed by atoms with Crippen LogP contribution in [0.25, 0.3) is 10.9 Å². The smallest absolute Gasteiger partial charge is 0.314 e. The van der Waals surface area contributed by atoms with Gasteiger partial charge in [-0.05, 0) is 19.1 Å². The second kappa shape index (κ2) is 7.56. The van der Waals surface area contributed by atoms with Crippen LogP contribution in [0, 0.1) is 5.41 Å². The maximum Gasteiger partial charge on any atom is 0.314 e. The van der Waals surface area contributed by atoms with Crippen LogP contribution in [-0.4, -0.2) is 50.1 Å². The molecule has 2 aliphatic heterocycles. The van der Waals surface area contributed by atoms with E-state index in [1.165, 1.54) is 24.1 Å². The van der Waals surface area contributed by atoms with Crippen LogP contribution in [0.1, 0.15) is 20.3 Å². The first-order chi connectivity index (χ1) is 12.8. The summed E-state index contributed by atoms with van der Waals surface area (Å²) in [6, 6.07) is 12.1. The molecular formula is C19H21N3O4S. The molecule has 2 saturated heterocycles. The number of amides is 2. The van der Waals surface area contributed by atoms with Crippen molar-refractivity contribution in [2.45, 2.75) is 31.0 Å². The van der Waals surface area contributed by atoms with Crippen molar-refractivity contribution >= 4 is 40.4 Å². The maximum atomic E-state index is 11.3. The van der Waals surface area contributed by atoms with Gasteiger partial charge in [-0.3, -0.25) is 19.4 Å². The highest BCUT2D eigenvalue weighted by Gasteiger charge is 2.55. The van der Waals surface area contributed by atoms with Gasteiger partial charge in [0.15, 0.2) is 0 Å². The summed E-state index contributed by atoms with van der Waals surface area (Å²) in [4.78, 5) is 39.5. The van der Waals surface area contributed by atoms with E-state index < -0.39 is 16.8 Å². The van der Waals surface area contributed by atoms with Crippen LogP contribution in [0.2, 0.25) is 0 Å². The quantitative estimate of drug-likeness (QED) is 0.766. The lowest BCUT2D eigenvalue weighted by Crippen LogP contribution is -2.66. The molecule has 0 aliphatic carbocycles. The Labute approximate surface area is 161 Å². The zero-order chi connectivity index (χ0) is 19.6. The van der Waals surface area contributed by atoms with Crippen LogP contribution in [0.3, 0.4) is 0 Å². The normalized spacial score (nSPS) is 26.3. The van der Waals surface area contributed by atoms with E-state index in [4.69, 9.17) is 0 Å². The van der Waals surface area contributed by atoms with Gasteiger partial charge in [0.05, 0.1) is 22.7 Å². The number of thioether (sulfide) groups is 1. The molecule has 1 aromatic heterocycles. The number of rotatable bonds is 2. The van der Waals surface area contributed by atoms with Gasteiger partial charge in [0.2, 0.25) is 11.8 Å². The Bertz CT molecular complexity index is 825. The minimum absolute atomic E-state index is 0.00627. The molecule has 2 N–H and O–H groups in total. The number of para-hydroxylation sites is 1. The fraction of sp³-hybridized carbons (Fsp3) is 0.368. The summed E-state index contributed by atoms with van der Waals surface area (Å²) in [5.41, 5.74) is -0.0758. The lowest BCUT2D eigenvalue weighted by Gasteiger charge is -2.52. The van der Waals surface area contributed by atoms with Crippen molar-refractivity contribution in [1.82, 2.24) is 15.2 Å². The number of carboxylic acid groups (broad SMARTS) is 1.